The number of aromatic nitrogens is 8. The number of ether oxygens (including phenoxy) is 2. The summed E-state index contributed by atoms with van der Waals surface area (Å²) in [5.74, 6) is 1.80. The lowest BCUT2D eigenvalue weighted by molar-refractivity contribution is 0.0913. The van der Waals surface area contributed by atoms with Crippen LogP contribution in [0.1, 0.15) is 0 Å². The summed E-state index contributed by atoms with van der Waals surface area (Å²) in [5.41, 5.74) is -2.06. The second-order valence-electron chi connectivity index (χ2n) is 11.5. The molecule has 0 bridgehead atoms. The molecule has 0 radical (unpaired) electrons. The van der Waals surface area contributed by atoms with Gasteiger partial charge in [-0.1, -0.05) is 46.7 Å². The van der Waals surface area contributed by atoms with Crippen LogP contribution in [0, 0.1) is 0 Å². The number of benzene rings is 2. The number of halogens is 2. The van der Waals surface area contributed by atoms with Gasteiger partial charge in [0, 0.05) is 35.6 Å². The van der Waals surface area contributed by atoms with Gasteiger partial charge in [-0.15, -0.1) is 0 Å². The summed E-state index contributed by atoms with van der Waals surface area (Å²) in [5, 5.41) is 23.6. The molecule has 0 unspecified atom stereocenters. The predicted molar refractivity (Wildman–Crippen MR) is 199 cm³/mol. The fraction of sp³-hybridized carbons (Fsp3) is 0.312. The molecule has 274 valence electrons. The Balaban J connectivity index is 1.20. The molecule has 6 aromatic rings. The van der Waals surface area contributed by atoms with Gasteiger partial charge in [-0.3, -0.25) is 28.7 Å². The Kier molecular flexibility index (Phi) is 11.5. The Morgan fingerprint density at radius 1 is 0.673 bits per heavy atom. The smallest absolute Gasteiger partial charge is 0.329 e. The third-order valence-corrected chi connectivity index (χ3v) is 10.5. The summed E-state index contributed by atoms with van der Waals surface area (Å²) in [4.78, 5) is 64.3. The summed E-state index contributed by atoms with van der Waals surface area (Å²) < 4.78 is 16.9. The number of hydrogen-bond acceptors (Lipinski definition) is 12. The van der Waals surface area contributed by atoms with Gasteiger partial charge in [-0.2, -0.15) is 0 Å². The topological polar surface area (TPSA) is 204 Å². The minimum absolute atomic E-state index is 0.0660. The molecule has 0 saturated heterocycles. The van der Waals surface area contributed by atoms with Crippen LogP contribution >= 0.6 is 46.7 Å². The SMILES string of the molecule is Cn1c(=O)[nH]c(=O)c2c1nc(SCCSc1nc3c(c(=O)[nH]c(=O)n3C)n1C[C@@H](O)COc1ccc(Cl)cc1)n2C[C@@H](O)COc1ccc(Cl)cc1. The lowest BCUT2D eigenvalue weighted by Gasteiger charge is -2.16. The van der Waals surface area contributed by atoms with Crippen LogP contribution in [-0.4, -0.2) is 85.3 Å². The number of aliphatic hydroxyl groups excluding tert-OH is 2. The Bertz CT molecular complexity index is 2290. The Labute approximate surface area is 312 Å². The van der Waals surface area contributed by atoms with Gasteiger partial charge in [0.1, 0.15) is 36.9 Å². The number of imidazole rings is 2. The van der Waals surface area contributed by atoms with Crippen molar-refractivity contribution in [2.75, 3.05) is 24.7 Å². The normalized spacial score (nSPS) is 12.8. The van der Waals surface area contributed by atoms with Crippen molar-refractivity contribution in [1.82, 2.24) is 38.2 Å². The average molecular weight is 792 g/mol. The standard InChI is InChI=1S/C32H32Cl2N8O8S2/c1-39-25-23(27(45)37-29(39)47)41(13-19(43)15-49-21-7-3-17(33)4-8-21)31(35-25)51-11-12-52-32-36-26-24(28(46)38-30(48)40(26)2)42(32)14-20(44)16-50-22-9-5-18(34)6-10-22/h3-10,19-20,43-44H,11-16H2,1-2H3,(H,37,45,47)(H,38,46,48)/t19-,20-/m1/s1. The zero-order valence-corrected chi connectivity index (χ0v) is 30.8. The molecule has 4 N–H and O–H groups in total. The first-order valence-electron chi connectivity index (χ1n) is 15.7. The number of fused-ring (bicyclic) bond motifs is 2. The molecule has 20 heteroatoms. The summed E-state index contributed by atoms with van der Waals surface area (Å²) in [7, 11) is 2.97. The molecule has 0 aliphatic heterocycles. The van der Waals surface area contributed by atoms with Gasteiger partial charge in [-0.25, -0.2) is 19.6 Å². The van der Waals surface area contributed by atoms with E-state index < -0.39 is 34.7 Å². The van der Waals surface area contributed by atoms with Gasteiger partial charge in [0.15, 0.2) is 32.6 Å². The van der Waals surface area contributed by atoms with Crippen molar-refractivity contribution in [2.24, 2.45) is 14.1 Å². The maximum Gasteiger partial charge on any atom is 0.329 e. The average Bonchev–Trinajstić information content (AvgIpc) is 3.66. The van der Waals surface area contributed by atoms with E-state index in [2.05, 4.69) is 19.9 Å². The first-order valence-corrected chi connectivity index (χ1v) is 18.4. The van der Waals surface area contributed by atoms with Crippen molar-refractivity contribution in [2.45, 2.75) is 35.6 Å². The molecular formula is C32H32Cl2N8O8S2. The van der Waals surface area contributed by atoms with Gasteiger partial charge in [-0.05, 0) is 48.5 Å². The number of aromatic amines is 2. The number of aliphatic hydroxyl groups is 2. The van der Waals surface area contributed by atoms with Gasteiger partial charge in [0.05, 0.1) is 13.1 Å². The monoisotopic (exact) mass is 790 g/mol. The number of nitrogens with zero attached hydrogens (tertiary/aromatic N) is 6. The highest BCUT2D eigenvalue weighted by Crippen LogP contribution is 2.27. The van der Waals surface area contributed by atoms with Crippen LogP contribution in [0.5, 0.6) is 11.5 Å². The Morgan fingerprint density at radius 2 is 1.04 bits per heavy atom. The fourth-order valence-electron chi connectivity index (χ4n) is 5.23. The third-order valence-electron chi connectivity index (χ3n) is 7.79. The molecule has 2 atom stereocenters. The van der Waals surface area contributed by atoms with Crippen molar-refractivity contribution >= 4 is 69.1 Å². The highest BCUT2D eigenvalue weighted by molar-refractivity contribution is 8.02. The number of rotatable bonds is 15. The number of hydrogen-bond donors (Lipinski definition) is 4. The van der Waals surface area contributed by atoms with Crippen LogP contribution in [0.15, 0.2) is 78.0 Å². The molecule has 6 rings (SSSR count). The van der Waals surface area contributed by atoms with Crippen LogP contribution < -0.4 is 32.0 Å². The van der Waals surface area contributed by atoms with E-state index in [1.165, 1.54) is 46.8 Å². The second kappa shape index (κ2) is 16.1. The van der Waals surface area contributed by atoms with E-state index in [-0.39, 0.29) is 48.6 Å². The van der Waals surface area contributed by atoms with Gasteiger partial charge >= 0.3 is 11.4 Å². The third kappa shape index (κ3) is 8.27. The lowest BCUT2D eigenvalue weighted by atomic mass is 10.3. The van der Waals surface area contributed by atoms with Crippen molar-refractivity contribution in [1.29, 1.82) is 0 Å². The van der Waals surface area contributed by atoms with Crippen LogP contribution in [0.2, 0.25) is 10.0 Å². The minimum atomic E-state index is -1.06. The zero-order valence-electron chi connectivity index (χ0n) is 27.6. The number of nitrogens with one attached hydrogen (secondary N) is 2. The van der Waals surface area contributed by atoms with E-state index in [0.29, 0.717) is 43.4 Å². The molecular weight excluding hydrogens is 759 g/mol. The predicted octanol–water partition coefficient (Wildman–Crippen LogP) is 2.23. The Hall–Kier alpha value is -4.46. The van der Waals surface area contributed by atoms with Crippen LogP contribution in [-0.2, 0) is 27.2 Å². The maximum absolute atomic E-state index is 13.0. The fourth-order valence-corrected chi connectivity index (χ4v) is 7.46. The number of aryl methyl sites for hydroxylation is 2. The molecule has 52 heavy (non-hydrogen) atoms. The van der Waals surface area contributed by atoms with E-state index in [0.717, 1.165) is 0 Å². The molecule has 2 aromatic carbocycles. The first kappa shape index (κ1) is 37.3. The van der Waals surface area contributed by atoms with E-state index in [1.54, 1.807) is 57.7 Å². The van der Waals surface area contributed by atoms with E-state index >= 15 is 0 Å². The largest absolute Gasteiger partial charge is 0.491 e. The first-order chi connectivity index (χ1) is 24.9. The van der Waals surface area contributed by atoms with E-state index in [4.69, 9.17) is 32.7 Å². The molecule has 0 saturated carbocycles. The molecule has 4 heterocycles. The van der Waals surface area contributed by atoms with Gasteiger partial charge < -0.3 is 28.8 Å². The van der Waals surface area contributed by atoms with Crippen molar-refractivity contribution in [3.8, 4) is 11.5 Å². The van der Waals surface area contributed by atoms with E-state index in [1.807, 2.05) is 0 Å². The molecule has 0 fully saturated rings. The van der Waals surface area contributed by atoms with Gasteiger partial charge in [0.25, 0.3) is 11.1 Å². The minimum Gasteiger partial charge on any atom is -0.491 e. The summed E-state index contributed by atoms with van der Waals surface area (Å²) in [6.45, 7) is -0.328. The van der Waals surface area contributed by atoms with Gasteiger partial charge in [0.2, 0.25) is 0 Å². The molecule has 0 spiro atoms. The summed E-state index contributed by atoms with van der Waals surface area (Å²) in [6.07, 6.45) is -2.11. The quantitative estimate of drug-likeness (QED) is 0.0874. The summed E-state index contributed by atoms with van der Waals surface area (Å²) >= 11 is 14.4. The molecule has 0 aliphatic rings. The second-order valence-corrected chi connectivity index (χ2v) is 14.5. The number of H-pyrrole nitrogens is 2. The highest BCUT2D eigenvalue weighted by atomic mass is 35.5. The lowest BCUT2D eigenvalue weighted by Crippen LogP contribution is -2.30. The zero-order chi connectivity index (χ0) is 37.1. The summed E-state index contributed by atoms with van der Waals surface area (Å²) in [6, 6.07) is 13.3. The molecule has 16 nitrogen and oxygen atoms in total. The number of thioether (sulfide) groups is 2. The molecule has 0 aliphatic carbocycles. The van der Waals surface area contributed by atoms with Crippen molar-refractivity contribution in [3.63, 3.8) is 0 Å². The maximum atomic E-state index is 13.0. The van der Waals surface area contributed by atoms with Crippen LogP contribution in [0.25, 0.3) is 22.3 Å². The Morgan fingerprint density at radius 3 is 1.40 bits per heavy atom. The van der Waals surface area contributed by atoms with Crippen molar-refractivity contribution < 1.29 is 19.7 Å². The van der Waals surface area contributed by atoms with Crippen LogP contribution in [0.3, 0.4) is 0 Å². The molecule has 0 amide bonds. The van der Waals surface area contributed by atoms with E-state index in [9.17, 15) is 29.4 Å². The van der Waals surface area contributed by atoms with Crippen molar-refractivity contribution in [3.05, 3.63) is 100 Å². The molecule has 4 aromatic heterocycles. The van der Waals surface area contributed by atoms with Crippen LogP contribution in [0.4, 0.5) is 0 Å². The highest BCUT2D eigenvalue weighted by Gasteiger charge is 2.23.